The number of hydrogen-bond acceptors (Lipinski definition) is 7. The number of rotatable bonds is 6. The van der Waals surface area contributed by atoms with E-state index >= 15 is 0 Å². The third kappa shape index (κ3) is 4.54. The second kappa shape index (κ2) is 7.71. The molecular formula is C12H9NO4S2Zn. The first-order valence-corrected chi connectivity index (χ1v) is 7.25. The number of carbonyl (C=O) groups is 2. The van der Waals surface area contributed by atoms with Crippen LogP contribution < -0.4 is 10.2 Å². The molecule has 0 saturated carbocycles. The van der Waals surface area contributed by atoms with Gasteiger partial charge in [-0.15, -0.1) is 11.3 Å². The van der Waals surface area contributed by atoms with E-state index in [9.17, 15) is 19.8 Å². The van der Waals surface area contributed by atoms with E-state index in [4.69, 9.17) is 0 Å². The Morgan fingerprint density at radius 2 is 2.00 bits per heavy atom. The molecule has 0 aliphatic carbocycles. The van der Waals surface area contributed by atoms with E-state index in [0.29, 0.717) is 4.34 Å². The van der Waals surface area contributed by atoms with Gasteiger partial charge in [-0.05, 0) is 18.6 Å². The zero-order valence-corrected chi connectivity index (χ0v) is 15.0. The molecule has 0 aliphatic heterocycles. The fourth-order valence-electron chi connectivity index (χ4n) is 1.50. The zero-order chi connectivity index (χ0) is 13.8. The molecule has 5 nitrogen and oxygen atoms in total. The average molecular weight is 361 g/mol. The summed E-state index contributed by atoms with van der Waals surface area (Å²) < 4.78 is 1.72. The Morgan fingerprint density at radius 3 is 2.60 bits per heavy atom. The van der Waals surface area contributed by atoms with Crippen LogP contribution in [0.5, 0.6) is 0 Å². The van der Waals surface area contributed by atoms with Gasteiger partial charge in [0.15, 0.2) is 4.34 Å². The van der Waals surface area contributed by atoms with Crippen LogP contribution in [-0.2, 0) is 29.1 Å². The van der Waals surface area contributed by atoms with Crippen molar-refractivity contribution in [2.24, 2.45) is 5.92 Å². The number of hydrogen-bond donors (Lipinski definition) is 0. The maximum Gasteiger partial charge on any atom is 2.00 e. The van der Waals surface area contributed by atoms with E-state index in [1.54, 1.807) is 0 Å². The number of aliphatic carboxylic acids is 2. The minimum absolute atomic E-state index is 0. The van der Waals surface area contributed by atoms with E-state index in [0.717, 1.165) is 10.2 Å². The zero-order valence-electron chi connectivity index (χ0n) is 10.4. The Kier molecular flexibility index (Phi) is 6.58. The van der Waals surface area contributed by atoms with Gasteiger partial charge in [-0.1, -0.05) is 23.9 Å². The van der Waals surface area contributed by atoms with Gasteiger partial charge in [-0.3, -0.25) is 0 Å². The summed E-state index contributed by atoms with van der Waals surface area (Å²) in [5, 5.41) is 21.2. The Morgan fingerprint density at radius 1 is 1.30 bits per heavy atom. The number of nitrogens with zero attached hydrogens (tertiary/aromatic N) is 1. The molecule has 100 valence electrons. The molecule has 2 rings (SSSR count). The first-order valence-electron chi connectivity index (χ1n) is 5.45. The molecule has 20 heavy (non-hydrogen) atoms. The van der Waals surface area contributed by atoms with Crippen LogP contribution in [0.25, 0.3) is 10.2 Å². The molecule has 1 aromatic carbocycles. The van der Waals surface area contributed by atoms with Gasteiger partial charge >= 0.3 is 19.5 Å². The first kappa shape index (κ1) is 17.1. The van der Waals surface area contributed by atoms with Gasteiger partial charge in [0.2, 0.25) is 0 Å². The molecule has 0 aliphatic rings. The number of carbonyl (C=O) groups excluding carboxylic acids is 2. The van der Waals surface area contributed by atoms with Gasteiger partial charge in [0, 0.05) is 23.6 Å². The van der Waals surface area contributed by atoms with Crippen LogP contribution in [0.15, 0.2) is 28.6 Å². The fraction of sp³-hybridized carbons (Fsp3) is 0.250. The van der Waals surface area contributed by atoms with E-state index in [1.807, 2.05) is 24.3 Å². The first-order chi connectivity index (χ1) is 9.06. The molecule has 0 N–H and O–H groups in total. The molecule has 0 spiro atoms. The van der Waals surface area contributed by atoms with Crippen LogP contribution >= 0.6 is 23.1 Å². The third-order valence-corrected chi connectivity index (χ3v) is 4.77. The van der Waals surface area contributed by atoms with Crippen molar-refractivity contribution in [2.75, 3.05) is 5.75 Å². The van der Waals surface area contributed by atoms with Crippen LogP contribution in [0.4, 0.5) is 0 Å². The molecule has 1 unspecified atom stereocenters. The van der Waals surface area contributed by atoms with E-state index < -0.39 is 24.3 Å². The summed E-state index contributed by atoms with van der Waals surface area (Å²) in [6.07, 6.45) is -0.541. The minimum Gasteiger partial charge on any atom is -0.550 e. The maximum atomic E-state index is 10.8. The Bertz CT molecular complexity index is 583. The predicted molar refractivity (Wildman–Crippen MR) is 68.5 cm³/mol. The summed E-state index contributed by atoms with van der Waals surface area (Å²) in [5.74, 6) is -3.73. The fourth-order valence-corrected chi connectivity index (χ4v) is 3.66. The smallest absolute Gasteiger partial charge is 0.550 e. The molecule has 0 saturated heterocycles. The molecule has 0 fully saturated rings. The van der Waals surface area contributed by atoms with Gasteiger partial charge in [0.1, 0.15) is 0 Å². The van der Waals surface area contributed by atoms with Crippen LogP contribution in [0.1, 0.15) is 6.42 Å². The summed E-state index contributed by atoms with van der Waals surface area (Å²) in [6, 6.07) is 7.56. The quantitative estimate of drug-likeness (QED) is 0.527. The molecule has 0 radical (unpaired) electrons. The van der Waals surface area contributed by atoms with Crippen LogP contribution in [0, 0.1) is 5.92 Å². The average Bonchev–Trinajstić information content (AvgIpc) is 2.76. The number of carboxylic acid groups (broad SMARTS) is 2. The van der Waals surface area contributed by atoms with Crippen molar-refractivity contribution in [2.45, 2.75) is 10.8 Å². The van der Waals surface area contributed by atoms with Crippen molar-refractivity contribution in [1.82, 2.24) is 4.98 Å². The molecule has 8 heteroatoms. The predicted octanol–water partition coefficient (Wildman–Crippen LogP) is -0.108. The number of aromatic nitrogens is 1. The van der Waals surface area contributed by atoms with Crippen molar-refractivity contribution in [3.05, 3.63) is 24.3 Å². The van der Waals surface area contributed by atoms with Crippen molar-refractivity contribution in [1.29, 1.82) is 0 Å². The van der Waals surface area contributed by atoms with E-state index in [2.05, 4.69) is 4.98 Å². The molecule has 2 aromatic rings. The molecule has 1 atom stereocenters. The topological polar surface area (TPSA) is 93.2 Å². The van der Waals surface area contributed by atoms with Gasteiger partial charge in [-0.25, -0.2) is 4.98 Å². The largest absolute Gasteiger partial charge is 2.00 e. The monoisotopic (exact) mass is 359 g/mol. The van der Waals surface area contributed by atoms with Crippen LogP contribution in [0.2, 0.25) is 0 Å². The van der Waals surface area contributed by atoms with Crippen molar-refractivity contribution < 1.29 is 39.3 Å². The van der Waals surface area contributed by atoms with E-state index in [-0.39, 0.29) is 25.2 Å². The maximum absolute atomic E-state index is 10.8. The number of thioether (sulfide) groups is 1. The minimum atomic E-state index is -1.39. The Balaban J connectivity index is 0.00000200. The standard InChI is InChI=1S/C12H11NO4S2.Zn/c14-10(15)5-7(11(16)17)6-18-12-13-8-3-1-2-4-9(8)19-12;/h1-4,7H,5-6H2,(H,14,15)(H,16,17);/q;+2/p-2. The molecule has 0 amide bonds. The van der Waals surface area contributed by atoms with Gasteiger partial charge in [0.25, 0.3) is 0 Å². The summed E-state index contributed by atoms with van der Waals surface area (Å²) in [4.78, 5) is 25.6. The number of para-hydroxylation sites is 1. The van der Waals surface area contributed by atoms with Crippen LogP contribution in [-0.4, -0.2) is 22.7 Å². The Labute approximate surface area is 136 Å². The molecule has 1 aromatic heterocycles. The van der Waals surface area contributed by atoms with Gasteiger partial charge in [-0.2, -0.15) is 0 Å². The summed E-state index contributed by atoms with van der Waals surface area (Å²) in [7, 11) is 0. The SMILES string of the molecule is O=C([O-])CC(CSc1nc2ccccc2s1)C(=O)[O-].[Zn+2]. The Hall–Kier alpha value is -0.977. The van der Waals surface area contributed by atoms with Crippen molar-refractivity contribution in [3.8, 4) is 0 Å². The number of carboxylic acids is 2. The second-order valence-corrected chi connectivity index (χ2v) is 6.15. The summed E-state index contributed by atoms with van der Waals surface area (Å²) >= 11 is 2.67. The normalized spacial score (nSPS) is 11.8. The number of benzene rings is 1. The summed E-state index contributed by atoms with van der Waals surface area (Å²) in [5.41, 5.74) is 0.847. The number of thiazole rings is 1. The van der Waals surface area contributed by atoms with Gasteiger partial charge < -0.3 is 19.8 Å². The van der Waals surface area contributed by atoms with Crippen molar-refractivity contribution >= 4 is 45.3 Å². The number of fused-ring (bicyclic) bond motifs is 1. The third-order valence-electron chi connectivity index (χ3n) is 2.43. The van der Waals surface area contributed by atoms with Crippen molar-refractivity contribution in [3.63, 3.8) is 0 Å². The molecule has 1 heterocycles. The molecular weight excluding hydrogens is 352 g/mol. The van der Waals surface area contributed by atoms with E-state index in [1.165, 1.54) is 23.1 Å². The second-order valence-electron chi connectivity index (χ2n) is 3.85. The molecule has 0 bridgehead atoms. The summed E-state index contributed by atoms with van der Waals surface area (Å²) in [6.45, 7) is 0. The van der Waals surface area contributed by atoms with Crippen LogP contribution in [0.3, 0.4) is 0 Å². The van der Waals surface area contributed by atoms with Gasteiger partial charge in [0.05, 0.1) is 10.2 Å².